The minimum atomic E-state index is -0.183. The summed E-state index contributed by atoms with van der Waals surface area (Å²) in [6, 6.07) is 16.9. The number of pyridine rings is 1. The summed E-state index contributed by atoms with van der Waals surface area (Å²) < 4.78 is 13.1. The van der Waals surface area contributed by atoms with Gasteiger partial charge in [0.2, 0.25) is 0 Å². The van der Waals surface area contributed by atoms with Crippen LogP contribution in [-0.2, 0) is 6.42 Å². The number of aromatic nitrogens is 1. The molecule has 1 aromatic heterocycles. The van der Waals surface area contributed by atoms with Gasteiger partial charge in [-0.15, -0.1) is 0 Å². The molecule has 1 N–H and O–H groups in total. The Hall–Kier alpha value is -2.42. The van der Waals surface area contributed by atoms with Crippen LogP contribution in [0, 0.1) is 12.7 Å². The van der Waals surface area contributed by atoms with Crippen molar-refractivity contribution in [3.63, 3.8) is 0 Å². The quantitative estimate of drug-likeness (QED) is 0.769. The summed E-state index contributed by atoms with van der Waals surface area (Å²) in [5.41, 5.74) is 4.06. The first kappa shape index (κ1) is 13.6. The van der Waals surface area contributed by atoms with Gasteiger partial charge in [-0.2, -0.15) is 0 Å². The van der Waals surface area contributed by atoms with Crippen LogP contribution in [-0.4, -0.2) is 11.5 Å². The second-order valence-corrected chi connectivity index (χ2v) is 5.14. The van der Waals surface area contributed by atoms with Crippen molar-refractivity contribution < 1.29 is 4.39 Å². The zero-order valence-corrected chi connectivity index (χ0v) is 11.9. The van der Waals surface area contributed by atoms with Crippen LogP contribution < -0.4 is 5.32 Å². The van der Waals surface area contributed by atoms with Crippen molar-refractivity contribution in [2.75, 3.05) is 11.9 Å². The van der Waals surface area contributed by atoms with Crippen LogP contribution in [0.1, 0.15) is 11.3 Å². The summed E-state index contributed by atoms with van der Waals surface area (Å²) in [6.07, 6.45) is 0.785. The van der Waals surface area contributed by atoms with Gasteiger partial charge in [-0.05, 0) is 43.2 Å². The lowest BCUT2D eigenvalue weighted by Gasteiger charge is -2.11. The molecule has 106 valence electrons. The number of aryl methyl sites for hydroxylation is 1. The van der Waals surface area contributed by atoms with Gasteiger partial charge < -0.3 is 5.32 Å². The van der Waals surface area contributed by atoms with Crippen molar-refractivity contribution in [2.45, 2.75) is 13.3 Å². The van der Waals surface area contributed by atoms with E-state index in [4.69, 9.17) is 0 Å². The molecule has 0 atom stereocenters. The van der Waals surface area contributed by atoms with Crippen LogP contribution in [0.25, 0.3) is 10.9 Å². The molecule has 3 heteroatoms. The van der Waals surface area contributed by atoms with E-state index >= 15 is 0 Å². The Morgan fingerprint density at radius 3 is 2.76 bits per heavy atom. The minimum Gasteiger partial charge on any atom is -0.384 e. The van der Waals surface area contributed by atoms with Crippen molar-refractivity contribution in [3.05, 3.63) is 71.7 Å². The molecule has 3 rings (SSSR count). The minimum absolute atomic E-state index is 0.183. The maximum atomic E-state index is 13.1. The van der Waals surface area contributed by atoms with Crippen LogP contribution in [0.5, 0.6) is 0 Å². The Balaban J connectivity index is 1.76. The topological polar surface area (TPSA) is 24.9 Å². The van der Waals surface area contributed by atoms with Crippen molar-refractivity contribution in [1.82, 2.24) is 4.98 Å². The Labute approximate surface area is 123 Å². The van der Waals surface area contributed by atoms with E-state index in [1.54, 1.807) is 12.1 Å². The maximum Gasteiger partial charge on any atom is 0.123 e. The predicted octanol–water partition coefficient (Wildman–Crippen LogP) is 4.34. The lowest BCUT2D eigenvalue weighted by atomic mass is 10.1. The fourth-order valence-electron chi connectivity index (χ4n) is 2.49. The standard InChI is InChI=1S/C18H17FN2/c1-13-11-18(16-7-2-3-8-17(16)21-13)20-10-9-14-5-4-6-15(19)12-14/h2-8,11-12H,9-10H2,1H3,(H,20,21). The third kappa shape index (κ3) is 3.19. The lowest BCUT2D eigenvalue weighted by Crippen LogP contribution is -2.06. The first-order valence-electron chi connectivity index (χ1n) is 7.07. The molecule has 2 nitrogen and oxygen atoms in total. The highest BCUT2D eigenvalue weighted by Gasteiger charge is 2.03. The Bertz CT molecular complexity index is 768. The van der Waals surface area contributed by atoms with E-state index in [2.05, 4.69) is 16.4 Å². The summed E-state index contributed by atoms with van der Waals surface area (Å²) in [5.74, 6) is -0.183. The molecular weight excluding hydrogens is 263 g/mol. The molecule has 1 heterocycles. The van der Waals surface area contributed by atoms with Gasteiger partial charge in [-0.3, -0.25) is 4.98 Å². The average Bonchev–Trinajstić information content (AvgIpc) is 2.47. The zero-order valence-electron chi connectivity index (χ0n) is 11.9. The second-order valence-electron chi connectivity index (χ2n) is 5.14. The van der Waals surface area contributed by atoms with Gasteiger partial charge in [0.15, 0.2) is 0 Å². The molecule has 21 heavy (non-hydrogen) atoms. The van der Waals surface area contributed by atoms with Crippen LogP contribution in [0.15, 0.2) is 54.6 Å². The van der Waals surface area contributed by atoms with Crippen LogP contribution in [0.2, 0.25) is 0 Å². The fourth-order valence-corrected chi connectivity index (χ4v) is 2.49. The molecular formula is C18H17FN2. The molecule has 0 saturated carbocycles. The molecule has 2 aromatic carbocycles. The Morgan fingerprint density at radius 2 is 1.90 bits per heavy atom. The predicted molar refractivity (Wildman–Crippen MR) is 85.1 cm³/mol. The lowest BCUT2D eigenvalue weighted by molar-refractivity contribution is 0.625. The maximum absolute atomic E-state index is 13.1. The zero-order chi connectivity index (χ0) is 14.7. The van der Waals surface area contributed by atoms with Gasteiger partial charge in [-0.1, -0.05) is 30.3 Å². The molecule has 0 fully saturated rings. The number of hydrogen-bond acceptors (Lipinski definition) is 2. The SMILES string of the molecule is Cc1cc(NCCc2cccc(F)c2)c2ccccc2n1. The molecule has 0 saturated heterocycles. The van der Waals surface area contributed by atoms with Crippen molar-refractivity contribution in [2.24, 2.45) is 0 Å². The number of halogens is 1. The summed E-state index contributed by atoms with van der Waals surface area (Å²) in [5, 5.41) is 4.55. The number of rotatable bonds is 4. The fraction of sp³-hybridized carbons (Fsp3) is 0.167. The number of nitrogens with zero attached hydrogens (tertiary/aromatic N) is 1. The molecule has 0 aliphatic heterocycles. The molecule has 0 radical (unpaired) electrons. The molecule has 0 amide bonds. The van der Waals surface area contributed by atoms with E-state index in [0.29, 0.717) is 0 Å². The third-order valence-electron chi connectivity index (χ3n) is 3.46. The number of nitrogens with one attached hydrogen (secondary N) is 1. The third-order valence-corrected chi connectivity index (χ3v) is 3.46. The van der Waals surface area contributed by atoms with Crippen LogP contribution in [0.4, 0.5) is 10.1 Å². The molecule has 0 bridgehead atoms. The normalized spacial score (nSPS) is 10.8. The first-order chi connectivity index (χ1) is 10.2. The van der Waals surface area contributed by atoms with Gasteiger partial charge >= 0.3 is 0 Å². The first-order valence-corrected chi connectivity index (χ1v) is 7.07. The highest BCUT2D eigenvalue weighted by molar-refractivity contribution is 5.91. The largest absolute Gasteiger partial charge is 0.384 e. The van der Waals surface area contributed by atoms with E-state index in [1.807, 2.05) is 37.3 Å². The number of benzene rings is 2. The summed E-state index contributed by atoms with van der Waals surface area (Å²) >= 11 is 0. The van der Waals surface area contributed by atoms with E-state index < -0.39 is 0 Å². The van der Waals surface area contributed by atoms with Crippen molar-refractivity contribution in [1.29, 1.82) is 0 Å². The van der Waals surface area contributed by atoms with Gasteiger partial charge in [0.1, 0.15) is 5.82 Å². The second kappa shape index (κ2) is 5.92. The highest BCUT2D eigenvalue weighted by atomic mass is 19.1. The molecule has 0 unspecified atom stereocenters. The van der Waals surface area contributed by atoms with E-state index in [9.17, 15) is 4.39 Å². The Morgan fingerprint density at radius 1 is 1.05 bits per heavy atom. The van der Waals surface area contributed by atoms with Gasteiger partial charge in [-0.25, -0.2) is 4.39 Å². The van der Waals surface area contributed by atoms with Crippen LogP contribution in [0.3, 0.4) is 0 Å². The van der Waals surface area contributed by atoms with Crippen molar-refractivity contribution >= 4 is 16.6 Å². The Kier molecular flexibility index (Phi) is 3.82. The van der Waals surface area contributed by atoms with E-state index in [-0.39, 0.29) is 5.82 Å². The van der Waals surface area contributed by atoms with Crippen molar-refractivity contribution in [3.8, 4) is 0 Å². The summed E-state index contributed by atoms with van der Waals surface area (Å²) in [4.78, 5) is 4.52. The van der Waals surface area contributed by atoms with Crippen LogP contribution >= 0.6 is 0 Å². The summed E-state index contributed by atoms with van der Waals surface area (Å²) in [7, 11) is 0. The monoisotopic (exact) mass is 280 g/mol. The van der Waals surface area contributed by atoms with E-state index in [0.717, 1.165) is 40.8 Å². The number of hydrogen-bond donors (Lipinski definition) is 1. The number of fused-ring (bicyclic) bond motifs is 1. The van der Waals surface area contributed by atoms with Gasteiger partial charge in [0, 0.05) is 23.3 Å². The van der Waals surface area contributed by atoms with Gasteiger partial charge in [0.25, 0.3) is 0 Å². The molecule has 0 spiro atoms. The molecule has 0 aliphatic carbocycles. The average molecular weight is 280 g/mol. The molecule has 0 aliphatic rings. The highest BCUT2D eigenvalue weighted by Crippen LogP contribution is 2.22. The van der Waals surface area contributed by atoms with Gasteiger partial charge in [0.05, 0.1) is 5.52 Å². The number of anilines is 1. The molecule has 3 aromatic rings. The smallest absolute Gasteiger partial charge is 0.123 e. The number of para-hydroxylation sites is 1. The summed E-state index contributed by atoms with van der Waals surface area (Å²) in [6.45, 7) is 2.75. The van der Waals surface area contributed by atoms with E-state index in [1.165, 1.54) is 6.07 Å².